The maximum Gasteiger partial charge on any atom is 0.252 e. The van der Waals surface area contributed by atoms with E-state index in [1.54, 1.807) is 29.2 Å². The number of carbonyl (C=O) groups is 2. The molecule has 1 aliphatic carbocycles. The molecule has 10 heteroatoms. The van der Waals surface area contributed by atoms with Gasteiger partial charge in [0.05, 0.1) is 16.2 Å². The molecule has 1 aliphatic heterocycles. The summed E-state index contributed by atoms with van der Waals surface area (Å²) in [4.78, 5) is 28.2. The van der Waals surface area contributed by atoms with Gasteiger partial charge in [0.25, 0.3) is 5.91 Å². The first-order valence-electron chi connectivity index (χ1n) is 12.2. The molecular weight excluding hydrogens is 611 g/mol. The zero-order valence-corrected chi connectivity index (χ0v) is 23.1. The average molecular weight is 641 g/mol. The second-order valence-electron chi connectivity index (χ2n) is 9.04. The van der Waals surface area contributed by atoms with Gasteiger partial charge in [0, 0.05) is 36.7 Å². The Labute approximate surface area is 234 Å². The number of amides is 2. The van der Waals surface area contributed by atoms with Crippen LogP contribution in [-0.4, -0.2) is 71.0 Å². The summed E-state index contributed by atoms with van der Waals surface area (Å²) in [7, 11) is 0. The fourth-order valence-electron chi connectivity index (χ4n) is 4.57. The molecule has 4 rings (SSSR count). The van der Waals surface area contributed by atoms with Gasteiger partial charge in [-0.2, -0.15) is 0 Å². The largest absolute Gasteiger partial charge is 0.482 e. The lowest BCUT2D eigenvalue weighted by atomic mass is 9.87. The van der Waals surface area contributed by atoms with E-state index in [0.717, 1.165) is 15.6 Å². The van der Waals surface area contributed by atoms with Crippen molar-refractivity contribution in [3.05, 3.63) is 74.3 Å². The number of hydrogen-bond acceptors (Lipinski definition) is 6. The lowest BCUT2D eigenvalue weighted by Crippen LogP contribution is -2.56. The smallest absolute Gasteiger partial charge is 0.252 e. The topological polar surface area (TPSA) is 108 Å². The van der Waals surface area contributed by atoms with Gasteiger partial charge in [0.1, 0.15) is 24.1 Å². The number of benzene rings is 2. The first-order valence-corrected chi connectivity index (χ1v) is 13.7. The van der Waals surface area contributed by atoms with Crippen LogP contribution < -0.4 is 10.1 Å². The summed E-state index contributed by atoms with van der Waals surface area (Å²) in [5.41, 5.74) is 1.21. The number of aliphatic hydroxyl groups is 2. The molecule has 0 aromatic heterocycles. The van der Waals surface area contributed by atoms with Gasteiger partial charge in [-0.1, -0.05) is 35.9 Å². The van der Waals surface area contributed by atoms with Crippen molar-refractivity contribution >= 4 is 46.0 Å². The molecule has 2 aliphatic rings. The van der Waals surface area contributed by atoms with Gasteiger partial charge in [-0.05, 0) is 71.3 Å². The van der Waals surface area contributed by atoms with Crippen LogP contribution in [0.5, 0.6) is 5.75 Å². The van der Waals surface area contributed by atoms with Gasteiger partial charge in [-0.3, -0.25) is 9.59 Å². The van der Waals surface area contributed by atoms with Crippen LogP contribution >= 0.6 is 34.2 Å². The van der Waals surface area contributed by atoms with Crippen molar-refractivity contribution in [3.63, 3.8) is 0 Å². The molecule has 2 aromatic rings. The Morgan fingerprint density at radius 3 is 2.62 bits per heavy atom. The summed E-state index contributed by atoms with van der Waals surface area (Å²) in [5, 5.41) is 24.0. The Kier molecular flexibility index (Phi) is 9.83. The normalized spacial score (nSPS) is 23.3. The van der Waals surface area contributed by atoms with E-state index in [2.05, 4.69) is 27.9 Å². The van der Waals surface area contributed by atoms with Crippen LogP contribution in [0.25, 0.3) is 0 Å². The molecule has 8 nitrogen and oxygen atoms in total. The SMILES string of the molecule is O=C(NCCO)C1=CC(Oc2ccccc2I)C(O)C(N(Cc2ccc(Cl)cc2)C(=O)C2CCCO2)C1. The number of ether oxygens (including phenoxy) is 2. The minimum Gasteiger partial charge on any atom is -0.482 e. The molecule has 37 heavy (non-hydrogen) atoms. The summed E-state index contributed by atoms with van der Waals surface area (Å²) in [6.45, 7) is 0.603. The summed E-state index contributed by atoms with van der Waals surface area (Å²) in [6, 6.07) is 13.8. The zero-order valence-electron chi connectivity index (χ0n) is 20.2. The third kappa shape index (κ3) is 7.02. The van der Waals surface area contributed by atoms with E-state index >= 15 is 0 Å². The van der Waals surface area contributed by atoms with Crippen molar-refractivity contribution < 1.29 is 29.3 Å². The molecule has 1 saturated heterocycles. The van der Waals surface area contributed by atoms with E-state index < -0.39 is 24.4 Å². The molecule has 4 unspecified atom stereocenters. The fourth-order valence-corrected chi connectivity index (χ4v) is 5.21. The molecule has 0 radical (unpaired) electrons. The molecule has 198 valence electrons. The minimum atomic E-state index is -1.11. The van der Waals surface area contributed by atoms with Gasteiger partial charge >= 0.3 is 0 Å². The molecule has 3 N–H and O–H groups in total. The van der Waals surface area contributed by atoms with Crippen LogP contribution in [-0.2, 0) is 20.9 Å². The van der Waals surface area contributed by atoms with Crippen molar-refractivity contribution in [2.45, 2.75) is 50.2 Å². The molecule has 2 aromatic carbocycles. The van der Waals surface area contributed by atoms with Crippen LogP contribution in [0.3, 0.4) is 0 Å². The van der Waals surface area contributed by atoms with E-state index in [9.17, 15) is 19.8 Å². The highest BCUT2D eigenvalue weighted by atomic mass is 127. The summed E-state index contributed by atoms with van der Waals surface area (Å²) < 4.78 is 12.7. The van der Waals surface area contributed by atoms with Gasteiger partial charge in [0.2, 0.25) is 5.91 Å². The Balaban J connectivity index is 1.68. The molecule has 1 fully saturated rings. The Hall–Kier alpha value is -2.18. The maximum atomic E-state index is 13.7. The van der Waals surface area contributed by atoms with Crippen molar-refractivity contribution in [2.75, 3.05) is 19.8 Å². The number of hydrogen-bond donors (Lipinski definition) is 3. The Morgan fingerprint density at radius 1 is 1.19 bits per heavy atom. The van der Waals surface area contributed by atoms with Crippen LogP contribution in [0.4, 0.5) is 0 Å². The zero-order chi connectivity index (χ0) is 26.4. The number of nitrogens with one attached hydrogen (secondary N) is 1. The second-order valence-corrected chi connectivity index (χ2v) is 10.6. The highest BCUT2D eigenvalue weighted by Crippen LogP contribution is 2.31. The van der Waals surface area contributed by atoms with E-state index in [1.807, 2.05) is 30.3 Å². The molecule has 1 heterocycles. The first-order chi connectivity index (χ1) is 17.9. The standard InChI is InChI=1S/C27H30ClIN2O6/c28-19-9-7-17(8-10-19)16-31(27(35)23-6-3-13-36-23)21-14-18(26(34)30-11-12-32)15-24(25(21)33)37-22-5-2-1-4-20(22)29/h1-2,4-5,7-10,15,21,23-25,32-33H,3,6,11-14,16H2,(H,30,34). The third-order valence-corrected chi connectivity index (χ3v) is 7.61. The number of carbonyl (C=O) groups excluding carboxylic acids is 2. The van der Waals surface area contributed by atoms with Gasteiger partial charge < -0.3 is 29.9 Å². The summed E-state index contributed by atoms with van der Waals surface area (Å²) in [5.74, 6) is -0.0475. The van der Waals surface area contributed by atoms with Crippen LogP contribution in [0.15, 0.2) is 60.2 Å². The predicted octanol–water partition coefficient (Wildman–Crippen LogP) is 3.07. The maximum absolute atomic E-state index is 13.7. The van der Waals surface area contributed by atoms with E-state index in [1.165, 1.54) is 0 Å². The summed E-state index contributed by atoms with van der Waals surface area (Å²) >= 11 is 8.21. The molecule has 2 amide bonds. The number of para-hydroxylation sites is 1. The van der Waals surface area contributed by atoms with Gasteiger partial charge in [-0.25, -0.2) is 0 Å². The lowest BCUT2D eigenvalue weighted by molar-refractivity contribution is -0.149. The molecule has 4 atom stereocenters. The number of nitrogens with zero attached hydrogens (tertiary/aromatic N) is 1. The lowest BCUT2D eigenvalue weighted by Gasteiger charge is -2.41. The van der Waals surface area contributed by atoms with Crippen molar-refractivity contribution in [3.8, 4) is 5.75 Å². The van der Waals surface area contributed by atoms with E-state index in [0.29, 0.717) is 29.4 Å². The minimum absolute atomic E-state index is 0.0921. The second kappa shape index (κ2) is 13.1. The van der Waals surface area contributed by atoms with Crippen LogP contribution in [0.2, 0.25) is 5.02 Å². The highest BCUT2D eigenvalue weighted by molar-refractivity contribution is 14.1. The summed E-state index contributed by atoms with van der Waals surface area (Å²) in [6.07, 6.45) is 0.514. The Morgan fingerprint density at radius 2 is 1.95 bits per heavy atom. The fraction of sp³-hybridized carbons (Fsp3) is 0.407. The van der Waals surface area contributed by atoms with Crippen LogP contribution in [0.1, 0.15) is 24.8 Å². The van der Waals surface area contributed by atoms with Gasteiger partial charge in [-0.15, -0.1) is 0 Å². The van der Waals surface area contributed by atoms with Crippen molar-refractivity contribution in [1.29, 1.82) is 0 Å². The monoisotopic (exact) mass is 640 g/mol. The van der Waals surface area contributed by atoms with Crippen molar-refractivity contribution in [2.24, 2.45) is 0 Å². The van der Waals surface area contributed by atoms with Gasteiger partial charge in [0.15, 0.2) is 0 Å². The van der Waals surface area contributed by atoms with Crippen LogP contribution in [0, 0.1) is 3.57 Å². The third-order valence-electron chi connectivity index (χ3n) is 6.47. The number of aliphatic hydroxyl groups excluding tert-OH is 2. The average Bonchev–Trinajstić information content (AvgIpc) is 3.44. The quantitative estimate of drug-likeness (QED) is 0.364. The Bertz CT molecular complexity index is 1120. The predicted molar refractivity (Wildman–Crippen MR) is 147 cm³/mol. The number of rotatable bonds is 9. The molecule has 0 saturated carbocycles. The van der Waals surface area contributed by atoms with Crippen molar-refractivity contribution in [1.82, 2.24) is 10.2 Å². The highest BCUT2D eigenvalue weighted by Gasteiger charge is 2.42. The van der Waals surface area contributed by atoms with E-state index in [4.69, 9.17) is 21.1 Å². The molecule has 0 bridgehead atoms. The van der Waals surface area contributed by atoms with E-state index in [-0.39, 0.29) is 37.9 Å². The molecule has 0 spiro atoms. The number of halogens is 2. The molecular formula is C27H30ClIN2O6. The first kappa shape index (κ1) is 27.8.